The molecule has 6 aromatic carbocycles. The Bertz CT molecular complexity index is 2810. The third-order valence-corrected chi connectivity index (χ3v) is 11.9. The van der Waals surface area contributed by atoms with Gasteiger partial charge in [0.05, 0.1) is 0 Å². The van der Waals surface area contributed by atoms with E-state index in [1.54, 1.807) is 22.7 Å². The monoisotopic (exact) mass is 918 g/mol. The van der Waals surface area contributed by atoms with Gasteiger partial charge >= 0.3 is 22.4 Å². The van der Waals surface area contributed by atoms with Crippen molar-refractivity contribution in [1.29, 1.82) is 0 Å². The predicted octanol–water partition coefficient (Wildman–Crippen LogP) is 10.9. The maximum Gasteiger partial charge on any atom is 3.00 e. The number of rotatable bonds is 8. The fraction of sp³-hybridized carbons (Fsp3) is 0. The molecule has 6 heteroatoms. The standard InChI is InChI=1S/C49H30BN2S2.Au/c1-4-13-33(14-5-1)36-27-37(34-15-6-2-7-16-34)29-38(28-36)44-19-10-22-48(51-44)50(40-17-8-3-9-18-40)43-32-39(47-21-12-26-54-47)31-42-41-30-35(46-20-11-25-53-46)23-24-45(41)52-49(42)43;/h1-15,17-28,30-32H;/q-3;+3. The van der Waals surface area contributed by atoms with E-state index in [0.717, 1.165) is 61.0 Å². The molecule has 0 aliphatic carbocycles. The first-order valence-electron chi connectivity index (χ1n) is 18.0. The van der Waals surface area contributed by atoms with Crippen LogP contribution < -0.4 is 21.5 Å². The molecule has 0 atom stereocenters. The minimum Gasteiger partial charge on any atom is -0.657 e. The van der Waals surface area contributed by atoms with Crippen LogP contribution in [0.1, 0.15) is 0 Å². The van der Waals surface area contributed by atoms with Crippen LogP contribution in [-0.4, -0.2) is 11.7 Å². The summed E-state index contributed by atoms with van der Waals surface area (Å²) >= 11 is 3.53. The summed E-state index contributed by atoms with van der Waals surface area (Å²) in [6, 6.07) is 67.3. The Labute approximate surface area is 344 Å². The minimum atomic E-state index is -0.172. The topological polar surface area (TPSA) is 27.0 Å². The van der Waals surface area contributed by atoms with E-state index in [4.69, 9.17) is 9.97 Å². The van der Waals surface area contributed by atoms with E-state index in [1.165, 1.54) is 31.7 Å². The Morgan fingerprint density at radius 3 is 2.00 bits per heavy atom. The van der Waals surface area contributed by atoms with Crippen LogP contribution >= 0.6 is 22.7 Å². The van der Waals surface area contributed by atoms with Gasteiger partial charge in [-0.1, -0.05) is 126 Å². The SMILES string of the molecule is [Au+3].[c-]1ccccc1-c1[c-]c(-c2cccc(B(c3ccccc3)c3cc(-c4cccs4)cc4c3[n-]c3ccc(-c5cccs5)cc34)n2)cc(-c2ccccc2)c1. The van der Waals surface area contributed by atoms with Crippen LogP contribution in [0.25, 0.3) is 76.2 Å². The average molecular weight is 919 g/mol. The Balaban J connectivity index is 0.00000397. The van der Waals surface area contributed by atoms with Gasteiger partial charge < -0.3 is 9.97 Å². The number of thiophene rings is 2. The van der Waals surface area contributed by atoms with E-state index in [2.05, 4.69) is 175 Å². The molecule has 0 saturated carbocycles. The molecule has 4 heterocycles. The summed E-state index contributed by atoms with van der Waals surface area (Å²) in [7, 11) is 0. The third kappa shape index (κ3) is 6.87. The first kappa shape index (κ1) is 35.2. The van der Waals surface area contributed by atoms with Gasteiger partial charge in [-0.25, -0.2) is 5.56 Å². The molecule has 10 aromatic rings. The van der Waals surface area contributed by atoms with Crippen molar-refractivity contribution in [3.05, 3.63) is 193 Å². The Morgan fingerprint density at radius 1 is 0.527 bits per heavy atom. The Kier molecular flexibility index (Phi) is 9.80. The summed E-state index contributed by atoms with van der Waals surface area (Å²) in [4.78, 5) is 13.4. The zero-order valence-corrected chi connectivity index (χ0v) is 33.2. The number of aromatic nitrogens is 2. The smallest absolute Gasteiger partial charge is 0.657 e. The third-order valence-electron chi connectivity index (χ3n) is 10.0. The molecule has 0 aliphatic rings. The van der Waals surface area contributed by atoms with Crippen LogP contribution in [0, 0.1) is 12.1 Å². The number of benzene rings is 6. The summed E-state index contributed by atoms with van der Waals surface area (Å²) in [6.45, 7) is -0.172. The molecule has 0 spiro atoms. The number of nitrogens with zero attached hydrogens (tertiary/aromatic N) is 2. The van der Waals surface area contributed by atoms with Crippen molar-refractivity contribution in [2.75, 3.05) is 0 Å². The first-order valence-corrected chi connectivity index (χ1v) is 19.8. The molecule has 0 N–H and O–H groups in total. The largest absolute Gasteiger partial charge is 3.00 e. The fourth-order valence-electron chi connectivity index (χ4n) is 7.49. The van der Waals surface area contributed by atoms with E-state index in [9.17, 15) is 0 Å². The Hall–Kier alpha value is -5.52. The zero-order chi connectivity index (χ0) is 35.8. The van der Waals surface area contributed by atoms with Crippen molar-refractivity contribution in [3.63, 3.8) is 0 Å². The van der Waals surface area contributed by atoms with Gasteiger partial charge in [-0.05, 0) is 62.5 Å². The second-order valence-corrected chi connectivity index (χ2v) is 15.3. The van der Waals surface area contributed by atoms with Gasteiger partial charge in [0.15, 0.2) is 0 Å². The molecule has 4 aromatic heterocycles. The second-order valence-electron chi connectivity index (χ2n) is 13.4. The molecule has 0 unspecified atom stereocenters. The Morgan fingerprint density at radius 2 is 1.25 bits per heavy atom. The predicted molar refractivity (Wildman–Crippen MR) is 231 cm³/mol. The van der Waals surface area contributed by atoms with Crippen molar-refractivity contribution in [2.45, 2.75) is 0 Å². The van der Waals surface area contributed by atoms with Crippen LogP contribution in [0.3, 0.4) is 0 Å². The van der Waals surface area contributed by atoms with Crippen molar-refractivity contribution in [2.24, 2.45) is 0 Å². The normalized spacial score (nSPS) is 11.1. The van der Waals surface area contributed by atoms with Crippen LogP contribution in [0.5, 0.6) is 0 Å². The number of fused-ring (bicyclic) bond motifs is 3. The van der Waals surface area contributed by atoms with E-state index in [0.29, 0.717) is 0 Å². The quantitative estimate of drug-likeness (QED) is 0.112. The maximum atomic E-state index is 5.50. The van der Waals surface area contributed by atoms with Gasteiger partial charge in [0, 0.05) is 21.0 Å². The fourth-order valence-corrected chi connectivity index (χ4v) is 8.93. The molecular weight excluding hydrogens is 888 g/mol. The van der Waals surface area contributed by atoms with Gasteiger partial charge in [0.25, 0.3) is 6.71 Å². The van der Waals surface area contributed by atoms with E-state index >= 15 is 0 Å². The van der Waals surface area contributed by atoms with Gasteiger partial charge in [-0.2, -0.15) is 42.0 Å². The molecule has 55 heavy (non-hydrogen) atoms. The van der Waals surface area contributed by atoms with E-state index in [1.807, 2.05) is 18.2 Å². The molecule has 2 nitrogen and oxygen atoms in total. The summed E-state index contributed by atoms with van der Waals surface area (Å²) in [6.07, 6.45) is 0. The van der Waals surface area contributed by atoms with Crippen molar-refractivity contribution >= 4 is 67.7 Å². The number of pyridine rings is 1. The van der Waals surface area contributed by atoms with Crippen molar-refractivity contribution in [1.82, 2.24) is 9.97 Å². The first-order chi connectivity index (χ1) is 26.7. The molecule has 0 bridgehead atoms. The van der Waals surface area contributed by atoms with Crippen LogP contribution in [0.15, 0.2) is 181 Å². The van der Waals surface area contributed by atoms with E-state index in [-0.39, 0.29) is 29.1 Å². The number of hydrogen-bond donors (Lipinski definition) is 0. The number of hydrogen-bond acceptors (Lipinski definition) is 3. The molecule has 0 aliphatic heterocycles. The molecule has 0 amide bonds. The van der Waals surface area contributed by atoms with Gasteiger partial charge in [0.2, 0.25) is 0 Å². The van der Waals surface area contributed by atoms with Gasteiger partial charge in [-0.15, -0.1) is 51.4 Å². The molecule has 262 valence electrons. The molecule has 10 rings (SSSR count). The summed E-state index contributed by atoms with van der Waals surface area (Å²) in [5, 5.41) is 6.61. The van der Waals surface area contributed by atoms with Crippen LogP contribution in [0.2, 0.25) is 0 Å². The summed E-state index contributed by atoms with van der Waals surface area (Å²) < 4.78 is 0. The van der Waals surface area contributed by atoms with Gasteiger partial charge in [-0.3, -0.25) is 0 Å². The molecular formula is C49H30AuBN2S2. The van der Waals surface area contributed by atoms with Crippen LogP contribution in [-0.2, 0) is 22.4 Å². The van der Waals surface area contributed by atoms with Gasteiger partial charge in [0.1, 0.15) is 0 Å². The molecule has 0 fully saturated rings. The maximum absolute atomic E-state index is 5.50. The van der Waals surface area contributed by atoms with E-state index < -0.39 is 0 Å². The van der Waals surface area contributed by atoms with Crippen LogP contribution in [0.4, 0.5) is 0 Å². The summed E-state index contributed by atoms with van der Waals surface area (Å²) in [5.74, 6) is 0. The molecule has 0 radical (unpaired) electrons. The van der Waals surface area contributed by atoms with Crippen molar-refractivity contribution in [3.8, 4) is 54.4 Å². The average Bonchev–Trinajstić information content (AvgIpc) is 4.05. The second kappa shape index (κ2) is 15.3. The zero-order valence-electron chi connectivity index (χ0n) is 29.4. The minimum absolute atomic E-state index is 0. The van der Waals surface area contributed by atoms with Crippen molar-refractivity contribution < 1.29 is 22.4 Å². The summed E-state index contributed by atoms with van der Waals surface area (Å²) in [5.41, 5.74) is 13.7. The molecule has 0 saturated heterocycles.